The van der Waals surface area contributed by atoms with Crippen LogP contribution >= 0.6 is 23.2 Å². The number of isocyanates is 1. The van der Waals surface area contributed by atoms with Gasteiger partial charge in [0.05, 0.1) is 6.54 Å². The van der Waals surface area contributed by atoms with Gasteiger partial charge in [-0.3, -0.25) is 0 Å². The van der Waals surface area contributed by atoms with Crippen molar-refractivity contribution in [3.05, 3.63) is 33.8 Å². The van der Waals surface area contributed by atoms with Gasteiger partial charge in [0.1, 0.15) is 0 Å². The van der Waals surface area contributed by atoms with E-state index in [0.717, 1.165) is 5.56 Å². The van der Waals surface area contributed by atoms with E-state index in [-0.39, 0.29) is 6.54 Å². The molecule has 4 heteroatoms. The van der Waals surface area contributed by atoms with Crippen LogP contribution in [0.15, 0.2) is 23.2 Å². The average molecular weight is 202 g/mol. The first-order valence-electron chi connectivity index (χ1n) is 3.21. The summed E-state index contributed by atoms with van der Waals surface area (Å²) < 4.78 is 0. The van der Waals surface area contributed by atoms with Crippen molar-refractivity contribution in [2.45, 2.75) is 6.54 Å². The molecule has 0 aliphatic carbocycles. The monoisotopic (exact) mass is 201 g/mol. The lowest BCUT2D eigenvalue weighted by Gasteiger charge is -1.97. The van der Waals surface area contributed by atoms with Crippen LogP contribution in [0.3, 0.4) is 0 Å². The minimum absolute atomic E-state index is 0.268. The predicted molar refractivity (Wildman–Crippen MR) is 48.3 cm³/mol. The highest BCUT2D eigenvalue weighted by Crippen LogP contribution is 2.19. The molecule has 12 heavy (non-hydrogen) atoms. The lowest BCUT2D eigenvalue weighted by Crippen LogP contribution is -1.80. The van der Waals surface area contributed by atoms with Crippen molar-refractivity contribution < 1.29 is 4.79 Å². The van der Waals surface area contributed by atoms with Gasteiger partial charge in [0, 0.05) is 10.0 Å². The molecule has 0 heterocycles. The van der Waals surface area contributed by atoms with Gasteiger partial charge in [0.2, 0.25) is 6.08 Å². The molecular weight excluding hydrogens is 197 g/mol. The number of rotatable bonds is 2. The Morgan fingerprint density at radius 3 is 2.33 bits per heavy atom. The highest BCUT2D eigenvalue weighted by atomic mass is 35.5. The molecule has 0 saturated heterocycles. The van der Waals surface area contributed by atoms with E-state index in [4.69, 9.17) is 23.2 Å². The number of hydrogen-bond donors (Lipinski definition) is 0. The van der Waals surface area contributed by atoms with Gasteiger partial charge in [-0.15, -0.1) is 0 Å². The topological polar surface area (TPSA) is 29.4 Å². The van der Waals surface area contributed by atoms with Crippen LogP contribution in [0.2, 0.25) is 10.0 Å². The first-order chi connectivity index (χ1) is 5.72. The van der Waals surface area contributed by atoms with Crippen LogP contribution in [0.5, 0.6) is 0 Å². The van der Waals surface area contributed by atoms with E-state index >= 15 is 0 Å². The van der Waals surface area contributed by atoms with Crippen molar-refractivity contribution >= 4 is 29.3 Å². The molecule has 0 atom stereocenters. The molecule has 0 aliphatic rings. The summed E-state index contributed by atoms with van der Waals surface area (Å²) in [6.07, 6.45) is 1.44. The van der Waals surface area contributed by atoms with Crippen molar-refractivity contribution in [1.29, 1.82) is 0 Å². The minimum atomic E-state index is 0.268. The second-order valence-electron chi connectivity index (χ2n) is 2.19. The molecule has 0 unspecified atom stereocenters. The third kappa shape index (κ3) is 2.67. The van der Waals surface area contributed by atoms with Crippen molar-refractivity contribution in [1.82, 2.24) is 0 Å². The molecular formula is C8H5Cl2NO. The zero-order chi connectivity index (χ0) is 8.97. The second-order valence-corrected chi connectivity index (χ2v) is 3.06. The summed E-state index contributed by atoms with van der Waals surface area (Å²) in [6.45, 7) is 0.268. The summed E-state index contributed by atoms with van der Waals surface area (Å²) >= 11 is 11.4. The van der Waals surface area contributed by atoms with Crippen LogP contribution < -0.4 is 0 Å². The predicted octanol–water partition coefficient (Wildman–Crippen LogP) is 2.83. The molecule has 1 aromatic carbocycles. The van der Waals surface area contributed by atoms with E-state index in [1.165, 1.54) is 6.08 Å². The van der Waals surface area contributed by atoms with Gasteiger partial charge in [-0.2, -0.15) is 0 Å². The molecule has 1 aromatic rings. The zero-order valence-electron chi connectivity index (χ0n) is 6.05. The van der Waals surface area contributed by atoms with Crippen LogP contribution in [0.25, 0.3) is 0 Å². The largest absolute Gasteiger partial charge is 0.235 e. The summed E-state index contributed by atoms with van der Waals surface area (Å²) in [4.78, 5) is 13.2. The molecule has 0 saturated carbocycles. The van der Waals surface area contributed by atoms with Gasteiger partial charge in [-0.25, -0.2) is 9.79 Å². The first-order valence-corrected chi connectivity index (χ1v) is 3.96. The van der Waals surface area contributed by atoms with E-state index in [1.54, 1.807) is 18.2 Å². The van der Waals surface area contributed by atoms with Crippen LogP contribution in [-0.2, 0) is 11.3 Å². The Morgan fingerprint density at radius 2 is 1.83 bits per heavy atom. The van der Waals surface area contributed by atoms with Crippen molar-refractivity contribution in [3.8, 4) is 0 Å². The van der Waals surface area contributed by atoms with E-state index in [9.17, 15) is 4.79 Å². The van der Waals surface area contributed by atoms with E-state index in [0.29, 0.717) is 10.0 Å². The van der Waals surface area contributed by atoms with Gasteiger partial charge in [0.25, 0.3) is 0 Å². The highest BCUT2D eigenvalue weighted by Gasteiger charge is 1.96. The number of hydrogen-bond acceptors (Lipinski definition) is 2. The van der Waals surface area contributed by atoms with Crippen molar-refractivity contribution in [2.75, 3.05) is 0 Å². The SMILES string of the molecule is O=C=NCc1cc(Cl)cc(Cl)c1. The lowest BCUT2D eigenvalue weighted by molar-refractivity contribution is 0.563. The standard InChI is InChI=1S/C8H5Cl2NO/c9-7-1-6(4-11-5-12)2-8(10)3-7/h1-3H,4H2. The fraction of sp³-hybridized carbons (Fsp3) is 0.125. The average Bonchev–Trinajstić information content (AvgIpc) is 1.99. The van der Waals surface area contributed by atoms with Gasteiger partial charge in [0.15, 0.2) is 0 Å². The summed E-state index contributed by atoms with van der Waals surface area (Å²) in [5, 5.41) is 1.08. The number of aliphatic imine (C=N–C) groups is 1. The van der Waals surface area contributed by atoms with Gasteiger partial charge < -0.3 is 0 Å². The molecule has 0 bridgehead atoms. The molecule has 0 spiro atoms. The fourth-order valence-corrected chi connectivity index (χ4v) is 1.40. The van der Waals surface area contributed by atoms with Gasteiger partial charge in [-0.05, 0) is 23.8 Å². The number of benzene rings is 1. The Morgan fingerprint density at radius 1 is 1.25 bits per heavy atom. The molecule has 0 N–H and O–H groups in total. The van der Waals surface area contributed by atoms with Gasteiger partial charge >= 0.3 is 0 Å². The Labute approximate surface area is 79.8 Å². The summed E-state index contributed by atoms with van der Waals surface area (Å²) in [5.74, 6) is 0. The Balaban J connectivity index is 2.92. The smallest absolute Gasteiger partial charge is 0.211 e. The summed E-state index contributed by atoms with van der Waals surface area (Å²) in [7, 11) is 0. The second kappa shape index (κ2) is 4.27. The number of halogens is 2. The van der Waals surface area contributed by atoms with Crippen molar-refractivity contribution in [2.24, 2.45) is 4.99 Å². The van der Waals surface area contributed by atoms with Gasteiger partial charge in [-0.1, -0.05) is 23.2 Å². The van der Waals surface area contributed by atoms with Crippen molar-refractivity contribution in [3.63, 3.8) is 0 Å². The lowest BCUT2D eigenvalue weighted by atomic mass is 10.2. The third-order valence-electron chi connectivity index (χ3n) is 1.25. The molecule has 62 valence electrons. The molecule has 0 amide bonds. The maximum absolute atomic E-state index is 9.79. The Kier molecular flexibility index (Phi) is 3.30. The van der Waals surface area contributed by atoms with Crippen LogP contribution in [0, 0.1) is 0 Å². The fourth-order valence-electron chi connectivity index (χ4n) is 0.826. The number of carbonyl (C=O) groups excluding carboxylic acids is 1. The molecule has 0 radical (unpaired) electrons. The normalized spacial score (nSPS) is 9.17. The molecule has 0 fully saturated rings. The van der Waals surface area contributed by atoms with Crippen LogP contribution in [0.4, 0.5) is 0 Å². The Hall–Kier alpha value is -0.820. The van der Waals surface area contributed by atoms with E-state index < -0.39 is 0 Å². The molecule has 2 nitrogen and oxygen atoms in total. The third-order valence-corrected chi connectivity index (χ3v) is 1.68. The van der Waals surface area contributed by atoms with Crippen LogP contribution in [0.1, 0.15) is 5.56 Å². The highest BCUT2D eigenvalue weighted by molar-refractivity contribution is 6.34. The van der Waals surface area contributed by atoms with E-state index in [2.05, 4.69) is 4.99 Å². The minimum Gasteiger partial charge on any atom is -0.211 e. The molecule has 0 aromatic heterocycles. The first kappa shape index (κ1) is 9.27. The van der Waals surface area contributed by atoms with E-state index in [1.807, 2.05) is 0 Å². The zero-order valence-corrected chi connectivity index (χ0v) is 7.56. The molecule has 0 aliphatic heterocycles. The summed E-state index contributed by atoms with van der Waals surface area (Å²) in [6, 6.07) is 5.03. The molecule has 1 rings (SSSR count). The van der Waals surface area contributed by atoms with Crippen LogP contribution in [-0.4, -0.2) is 6.08 Å². The quantitative estimate of drug-likeness (QED) is 0.535. The maximum Gasteiger partial charge on any atom is 0.235 e. The summed E-state index contributed by atoms with van der Waals surface area (Å²) in [5.41, 5.74) is 0.802. The number of nitrogens with zero attached hydrogens (tertiary/aromatic N) is 1. The maximum atomic E-state index is 9.79. The Bertz CT molecular complexity index is 312.